The lowest BCUT2D eigenvalue weighted by molar-refractivity contribution is -0.143. The Hall–Kier alpha value is -3.09. The topological polar surface area (TPSA) is 73.9 Å². The van der Waals surface area contributed by atoms with E-state index in [0.29, 0.717) is 17.2 Å². The summed E-state index contributed by atoms with van der Waals surface area (Å²) < 4.78 is 17.7. The van der Waals surface area contributed by atoms with Crippen LogP contribution in [0.25, 0.3) is 0 Å². The summed E-state index contributed by atoms with van der Waals surface area (Å²) >= 11 is 5.93. The van der Waals surface area contributed by atoms with Crippen molar-refractivity contribution in [2.24, 2.45) is 0 Å². The molecule has 6 nitrogen and oxygen atoms in total. The van der Waals surface area contributed by atoms with Gasteiger partial charge in [0.2, 0.25) is 6.41 Å². The molecule has 0 saturated heterocycles. The standard InChI is InChI=1S/C28H34ClNO5.C2H6/c1-6-9-22-17-25(34-23(7-2)13-12-20(3)29)14-15-26(22)35-24-11-8-10-21(16-24)18-28(4,33-5)27(32)30-19-31;1-2/h8,10-17,19H,6-7,9,18H2,1-5H3,(H,30,31,32);1-2H3/b20-12+,23-13+;/t28-;/m0./s1. The van der Waals surface area contributed by atoms with E-state index in [0.717, 1.165) is 47.6 Å². The molecule has 0 fully saturated rings. The summed E-state index contributed by atoms with van der Waals surface area (Å²) in [7, 11) is 1.44. The van der Waals surface area contributed by atoms with E-state index in [1.54, 1.807) is 6.92 Å². The van der Waals surface area contributed by atoms with Crippen molar-refractivity contribution in [3.05, 3.63) is 76.5 Å². The van der Waals surface area contributed by atoms with E-state index in [9.17, 15) is 9.59 Å². The molecule has 0 radical (unpaired) electrons. The molecule has 0 aromatic heterocycles. The van der Waals surface area contributed by atoms with E-state index in [1.165, 1.54) is 7.11 Å². The minimum atomic E-state index is -1.19. The van der Waals surface area contributed by atoms with Gasteiger partial charge in [-0.25, -0.2) is 0 Å². The number of aryl methyl sites for hydroxylation is 1. The predicted molar refractivity (Wildman–Crippen MR) is 150 cm³/mol. The second-order valence-electron chi connectivity index (χ2n) is 8.31. The minimum Gasteiger partial charge on any atom is -0.462 e. The lowest BCUT2D eigenvalue weighted by Gasteiger charge is -2.26. The van der Waals surface area contributed by atoms with Gasteiger partial charge in [0.1, 0.15) is 28.6 Å². The fraction of sp³-hybridized carbons (Fsp3) is 0.400. The number of ether oxygens (including phenoxy) is 3. The van der Waals surface area contributed by atoms with Crippen molar-refractivity contribution in [3.63, 3.8) is 0 Å². The summed E-state index contributed by atoms with van der Waals surface area (Å²) in [5, 5.41) is 2.86. The Bertz CT molecular complexity index is 1080. The molecular weight excluding hydrogens is 490 g/mol. The third-order valence-electron chi connectivity index (χ3n) is 5.44. The van der Waals surface area contributed by atoms with Crippen LogP contribution in [-0.2, 0) is 27.2 Å². The van der Waals surface area contributed by atoms with Crippen molar-refractivity contribution < 1.29 is 23.8 Å². The molecule has 202 valence electrons. The summed E-state index contributed by atoms with van der Waals surface area (Å²) in [6.45, 7) is 11.6. The molecule has 0 aliphatic rings. The second-order valence-corrected chi connectivity index (χ2v) is 8.91. The Morgan fingerprint density at radius 2 is 1.81 bits per heavy atom. The Kier molecular flexibility index (Phi) is 14.3. The van der Waals surface area contributed by atoms with Crippen molar-refractivity contribution in [3.8, 4) is 17.2 Å². The zero-order valence-corrected chi connectivity index (χ0v) is 23.8. The molecule has 0 heterocycles. The fourth-order valence-electron chi connectivity index (χ4n) is 3.45. The van der Waals surface area contributed by atoms with Crippen molar-refractivity contribution in [1.82, 2.24) is 5.32 Å². The third-order valence-corrected chi connectivity index (χ3v) is 5.56. The second kappa shape index (κ2) is 16.6. The van der Waals surface area contributed by atoms with Crippen LogP contribution in [0, 0.1) is 0 Å². The van der Waals surface area contributed by atoms with Crippen LogP contribution < -0.4 is 14.8 Å². The molecule has 2 amide bonds. The number of benzene rings is 2. The molecule has 37 heavy (non-hydrogen) atoms. The molecule has 1 atom stereocenters. The van der Waals surface area contributed by atoms with Gasteiger partial charge in [-0.05, 0) is 73.9 Å². The largest absolute Gasteiger partial charge is 0.462 e. The SMILES string of the molecule is CC.CCCc1cc(O/C(=C/C=C(\C)Cl)CC)ccc1Oc1cccc(C[C@](C)(OC)C(=O)NC=O)c1. The first-order chi connectivity index (χ1) is 17.7. The monoisotopic (exact) mass is 529 g/mol. The van der Waals surface area contributed by atoms with E-state index >= 15 is 0 Å². The summed E-state index contributed by atoms with van der Waals surface area (Å²) in [6.07, 6.45) is 6.83. The first kappa shape index (κ1) is 31.9. The quantitative estimate of drug-likeness (QED) is 0.165. The lowest BCUT2D eigenvalue weighted by Crippen LogP contribution is -2.47. The average molecular weight is 530 g/mol. The van der Waals surface area contributed by atoms with Crippen LogP contribution in [0.15, 0.2) is 65.4 Å². The molecule has 7 heteroatoms. The fourth-order valence-corrected chi connectivity index (χ4v) is 3.52. The lowest BCUT2D eigenvalue weighted by atomic mass is 9.95. The maximum Gasteiger partial charge on any atom is 0.258 e. The van der Waals surface area contributed by atoms with Crippen molar-refractivity contribution >= 4 is 23.9 Å². The van der Waals surface area contributed by atoms with E-state index < -0.39 is 11.5 Å². The number of halogens is 1. The number of carbonyl (C=O) groups is 2. The molecule has 2 rings (SSSR count). The first-order valence-corrected chi connectivity index (χ1v) is 13.0. The molecule has 0 bridgehead atoms. The van der Waals surface area contributed by atoms with Crippen molar-refractivity contribution in [1.29, 1.82) is 0 Å². The highest BCUT2D eigenvalue weighted by atomic mass is 35.5. The normalized spacial score (nSPS) is 13.1. The number of allylic oxidation sites excluding steroid dienone is 4. The van der Waals surface area contributed by atoms with E-state index in [2.05, 4.69) is 12.2 Å². The highest BCUT2D eigenvalue weighted by Crippen LogP contribution is 2.32. The maximum atomic E-state index is 12.3. The van der Waals surface area contributed by atoms with Gasteiger partial charge in [-0.1, -0.05) is 57.8 Å². The molecule has 1 N–H and O–H groups in total. The van der Waals surface area contributed by atoms with Crippen molar-refractivity contribution in [2.75, 3.05) is 7.11 Å². The van der Waals surface area contributed by atoms with Crippen LogP contribution >= 0.6 is 11.6 Å². The van der Waals surface area contributed by atoms with Gasteiger partial charge < -0.3 is 14.2 Å². The van der Waals surface area contributed by atoms with Gasteiger partial charge in [-0.3, -0.25) is 14.9 Å². The summed E-state index contributed by atoms with van der Waals surface area (Å²) in [4.78, 5) is 23.0. The third kappa shape index (κ3) is 10.4. The number of amides is 2. The van der Waals surface area contributed by atoms with Gasteiger partial charge in [0, 0.05) is 25.0 Å². The zero-order chi connectivity index (χ0) is 27.8. The molecule has 2 aromatic carbocycles. The van der Waals surface area contributed by atoms with Gasteiger partial charge in [-0.15, -0.1) is 0 Å². The zero-order valence-electron chi connectivity index (χ0n) is 23.0. The first-order valence-electron chi connectivity index (χ1n) is 12.6. The van der Waals surface area contributed by atoms with Gasteiger partial charge in [0.25, 0.3) is 5.91 Å². The average Bonchev–Trinajstić information content (AvgIpc) is 2.89. The maximum absolute atomic E-state index is 12.3. The van der Waals surface area contributed by atoms with Crippen LogP contribution in [0.5, 0.6) is 17.2 Å². The van der Waals surface area contributed by atoms with Crippen LogP contribution in [0.4, 0.5) is 0 Å². The number of hydrogen-bond donors (Lipinski definition) is 1. The highest BCUT2D eigenvalue weighted by Gasteiger charge is 2.33. The minimum absolute atomic E-state index is 0.275. The Balaban J connectivity index is 0.00000334. The number of rotatable bonds is 13. The van der Waals surface area contributed by atoms with Crippen LogP contribution in [0.1, 0.15) is 65.5 Å². The van der Waals surface area contributed by atoms with Gasteiger partial charge in [0.15, 0.2) is 0 Å². The Morgan fingerprint density at radius 1 is 1.08 bits per heavy atom. The Morgan fingerprint density at radius 3 is 2.41 bits per heavy atom. The molecule has 0 spiro atoms. The molecule has 0 aliphatic heterocycles. The van der Waals surface area contributed by atoms with Crippen LogP contribution in [0.3, 0.4) is 0 Å². The molecule has 0 saturated carbocycles. The van der Waals surface area contributed by atoms with Gasteiger partial charge >= 0.3 is 0 Å². The number of hydrogen-bond acceptors (Lipinski definition) is 5. The number of imide groups is 1. The van der Waals surface area contributed by atoms with E-state index in [4.69, 9.17) is 25.8 Å². The van der Waals surface area contributed by atoms with E-state index in [1.807, 2.05) is 82.3 Å². The van der Waals surface area contributed by atoms with Crippen LogP contribution in [0.2, 0.25) is 0 Å². The molecule has 0 unspecified atom stereocenters. The van der Waals surface area contributed by atoms with Gasteiger partial charge in [0.05, 0.1) is 0 Å². The Labute approximate surface area is 226 Å². The molecule has 2 aromatic rings. The van der Waals surface area contributed by atoms with Crippen molar-refractivity contribution in [2.45, 2.75) is 72.8 Å². The number of methoxy groups -OCH3 is 1. The molecule has 0 aliphatic carbocycles. The number of carbonyl (C=O) groups excluding carboxylic acids is 2. The molecular formula is C30H40ClNO5. The summed E-state index contributed by atoms with van der Waals surface area (Å²) in [5.41, 5.74) is 0.681. The summed E-state index contributed by atoms with van der Waals surface area (Å²) in [6, 6.07) is 13.3. The highest BCUT2D eigenvalue weighted by molar-refractivity contribution is 6.29. The van der Waals surface area contributed by atoms with E-state index in [-0.39, 0.29) is 6.42 Å². The smallest absolute Gasteiger partial charge is 0.258 e. The van der Waals surface area contributed by atoms with Gasteiger partial charge in [-0.2, -0.15) is 0 Å². The number of nitrogens with one attached hydrogen (secondary N) is 1. The van der Waals surface area contributed by atoms with Crippen LogP contribution in [-0.4, -0.2) is 25.0 Å². The summed E-state index contributed by atoms with van der Waals surface area (Å²) in [5.74, 6) is 2.43. The predicted octanol–water partition coefficient (Wildman–Crippen LogP) is 7.49.